The lowest BCUT2D eigenvalue weighted by Gasteiger charge is -2.12. The Morgan fingerprint density at radius 1 is 0.956 bits per heavy atom. The number of ether oxygens (including phenoxy) is 2. The number of benzene rings is 3. The van der Waals surface area contributed by atoms with Crippen molar-refractivity contribution in [3.8, 4) is 11.5 Å². The summed E-state index contributed by atoms with van der Waals surface area (Å²) < 4.78 is 40.0. The molecule has 3 aromatic carbocycles. The molecule has 5 aromatic rings. The number of aromatic nitrogens is 3. The molecule has 12 heteroatoms. The molecule has 3 N–H and O–H groups in total. The molecule has 0 saturated carbocycles. The van der Waals surface area contributed by atoms with Crippen LogP contribution in [0, 0.1) is 13.8 Å². The number of carbonyl (C=O) groups excluding carboxylic acids is 1. The van der Waals surface area contributed by atoms with E-state index < -0.39 is 10.1 Å². The SMILES string of the molecule is COCC(=O)NC/C=C/c1ccc2ncnc(Nc3ccc(Oc4ccc(C)nc4)c(C)c3)c2c1.O=S(=O)(O)c1ccccc1. The summed E-state index contributed by atoms with van der Waals surface area (Å²) in [6.07, 6.45) is 7.09. The number of nitrogens with one attached hydrogen (secondary N) is 2. The van der Waals surface area contributed by atoms with Gasteiger partial charge in [-0.3, -0.25) is 14.3 Å². The summed E-state index contributed by atoms with van der Waals surface area (Å²) in [7, 11) is -2.51. The summed E-state index contributed by atoms with van der Waals surface area (Å²) in [6, 6.07) is 23.1. The van der Waals surface area contributed by atoms with Gasteiger partial charge in [-0.05, 0) is 79.6 Å². The second-order valence-corrected chi connectivity index (χ2v) is 11.2. The summed E-state index contributed by atoms with van der Waals surface area (Å²) >= 11 is 0. The Morgan fingerprint density at radius 2 is 1.76 bits per heavy atom. The highest BCUT2D eigenvalue weighted by molar-refractivity contribution is 7.85. The zero-order valence-corrected chi connectivity index (χ0v) is 25.8. The van der Waals surface area contributed by atoms with E-state index in [-0.39, 0.29) is 17.4 Å². The smallest absolute Gasteiger partial charge is 0.294 e. The fourth-order valence-electron chi connectivity index (χ4n) is 4.04. The van der Waals surface area contributed by atoms with Crippen LogP contribution in [-0.4, -0.2) is 54.1 Å². The average molecular weight is 628 g/mol. The van der Waals surface area contributed by atoms with Gasteiger partial charge in [0.25, 0.3) is 10.1 Å². The molecule has 2 aromatic heterocycles. The monoisotopic (exact) mass is 627 g/mol. The minimum Gasteiger partial charge on any atom is -0.455 e. The largest absolute Gasteiger partial charge is 0.455 e. The topological polar surface area (TPSA) is 153 Å². The summed E-state index contributed by atoms with van der Waals surface area (Å²) in [4.78, 5) is 24.5. The van der Waals surface area contributed by atoms with Gasteiger partial charge in [0, 0.05) is 30.4 Å². The van der Waals surface area contributed by atoms with Gasteiger partial charge >= 0.3 is 0 Å². The van der Waals surface area contributed by atoms with Crippen molar-refractivity contribution >= 4 is 44.5 Å². The number of nitrogens with zero attached hydrogens (tertiary/aromatic N) is 3. The summed E-state index contributed by atoms with van der Waals surface area (Å²) in [5, 5.41) is 7.05. The second kappa shape index (κ2) is 15.5. The maximum atomic E-state index is 11.5. The fraction of sp³-hybridized carbons (Fsp3) is 0.152. The summed E-state index contributed by atoms with van der Waals surface area (Å²) in [6.45, 7) is 4.40. The van der Waals surface area contributed by atoms with Gasteiger partial charge in [-0.2, -0.15) is 8.42 Å². The van der Waals surface area contributed by atoms with E-state index >= 15 is 0 Å². The van der Waals surface area contributed by atoms with Crippen molar-refractivity contribution in [3.63, 3.8) is 0 Å². The van der Waals surface area contributed by atoms with Crippen molar-refractivity contribution in [1.82, 2.24) is 20.3 Å². The molecule has 11 nitrogen and oxygen atoms in total. The van der Waals surface area contributed by atoms with Gasteiger partial charge < -0.3 is 20.1 Å². The van der Waals surface area contributed by atoms with E-state index in [1.165, 1.54) is 19.2 Å². The molecule has 232 valence electrons. The standard InChI is InChI=1S/C27H27N5O3.C6H6O3S/c1-18-13-21(8-11-25(18)35-22-9-6-19(2)29-15-22)32-27-23-14-20(7-10-24(23)30-17-31-27)5-4-12-28-26(33)16-34-3;7-10(8,9)6-4-2-1-3-5-6/h4-11,13-15,17H,12,16H2,1-3H3,(H,28,33)(H,30,31,32);1-5H,(H,7,8,9)/b5-4+;. The molecule has 0 bridgehead atoms. The third kappa shape index (κ3) is 9.93. The zero-order valence-electron chi connectivity index (χ0n) is 25.0. The highest BCUT2D eigenvalue weighted by atomic mass is 32.2. The van der Waals surface area contributed by atoms with Gasteiger partial charge in [0.2, 0.25) is 5.91 Å². The van der Waals surface area contributed by atoms with Crippen LogP contribution < -0.4 is 15.4 Å². The maximum absolute atomic E-state index is 11.5. The Kier molecular flexibility index (Phi) is 11.3. The van der Waals surface area contributed by atoms with Crippen LogP contribution in [0.3, 0.4) is 0 Å². The van der Waals surface area contributed by atoms with Crippen LogP contribution in [0.2, 0.25) is 0 Å². The minimum absolute atomic E-state index is 0.0475. The Labute approximate surface area is 261 Å². The van der Waals surface area contributed by atoms with Crippen molar-refractivity contribution in [2.75, 3.05) is 25.6 Å². The average Bonchev–Trinajstić information content (AvgIpc) is 3.02. The maximum Gasteiger partial charge on any atom is 0.294 e. The first kappa shape index (κ1) is 32.7. The number of amides is 1. The third-order valence-corrected chi connectivity index (χ3v) is 7.12. The first-order chi connectivity index (χ1) is 21.6. The van der Waals surface area contributed by atoms with Gasteiger partial charge in [-0.15, -0.1) is 0 Å². The molecule has 45 heavy (non-hydrogen) atoms. The predicted molar refractivity (Wildman–Crippen MR) is 173 cm³/mol. The number of anilines is 2. The number of fused-ring (bicyclic) bond motifs is 1. The first-order valence-corrected chi connectivity index (χ1v) is 15.2. The molecule has 0 spiro atoms. The molecule has 0 fully saturated rings. The van der Waals surface area contributed by atoms with E-state index in [4.69, 9.17) is 14.0 Å². The van der Waals surface area contributed by atoms with E-state index in [0.29, 0.717) is 18.1 Å². The van der Waals surface area contributed by atoms with Gasteiger partial charge in [0.15, 0.2) is 0 Å². The molecule has 0 aliphatic rings. The van der Waals surface area contributed by atoms with Crippen LogP contribution in [-0.2, 0) is 19.6 Å². The molecular formula is C33H33N5O6S. The third-order valence-electron chi connectivity index (χ3n) is 6.25. The van der Waals surface area contributed by atoms with Crippen LogP contribution in [0.25, 0.3) is 17.0 Å². The number of carbonyl (C=O) groups is 1. The Balaban J connectivity index is 0.000000392. The van der Waals surface area contributed by atoms with Crippen LogP contribution in [0.4, 0.5) is 11.5 Å². The van der Waals surface area contributed by atoms with Gasteiger partial charge in [0.1, 0.15) is 30.3 Å². The fourth-order valence-corrected chi connectivity index (χ4v) is 4.54. The van der Waals surface area contributed by atoms with Crippen LogP contribution >= 0.6 is 0 Å². The lowest BCUT2D eigenvalue weighted by atomic mass is 10.1. The summed E-state index contributed by atoms with van der Waals surface area (Å²) in [5.41, 5.74) is 4.62. The molecule has 0 aliphatic heterocycles. The van der Waals surface area contributed by atoms with E-state index in [2.05, 4.69) is 25.6 Å². The highest BCUT2D eigenvalue weighted by Crippen LogP contribution is 2.30. The van der Waals surface area contributed by atoms with E-state index in [1.807, 2.05) is 74.5 Å². The molecule has 0 unspecified atom stereocenters. The Morgan fingerprint density at radius 3 is 2.42 bits per heavy atom. The second-order valence-electron chi connectivity index (χ2n) is 9.77. The lowest BCUT2D eigenvalue weighted by molar-refractivity contribution is -0.124. The van der Waals surface area contributed by atoms with Gasteiger partial charge in [0.05, 0.1) is 16.6 Å². The van der Waals surface area contributed by atoms with Crippen molar-refractivity contribution in [1.29, 1.82) is 0 Å². The number of aryl methyl sites for hydroxylation is 2. The van der Waals surface area contributed by atoms with Crippen molar-refractivity contribution in [2.24, 2.45) is 0 Å². The molecule has 2 heterocycles. The highest BCUT2D eigenvalue weighted by Gasteiger charge is 2.08. The molecule has 0 atom stereocenters. The van der Waals surface area contributed by atoms with Crippen molar-refractivity contribution in [2.45, 2.75) is 18.7 Å². The van der Waals surface area contributed by atoms with Gasteiger partial charge in [-0.25, -0.2) is 9.97 Å². The normalized spacial score (nSPS) is 11.1. The minimum atomic E-state index is -4.00. The number of pyridine rings is 1. The summed E-state index contributed by atoms with van der Waals surface area (Å²) in [5.74, 6) is 2.01. The van der Waals surface area contributed by atoms with Crippen LogP contribution in [0.1, 0.15) is 16.8 Å². The number of rotatable bonds is 10. The number of methoxy groups -OCH3 is 1. The molecule has 5 rings (SSSR count). The predicted octanol–water partition coefficient (Wildman–Crippen LogP) is 5.89. The molecule has 1 amide bonds. The molecule has 0 saturated heterocycles. The van der Waals surface area contributed by atoms with Crippen molar-refractivity contribution < 1.29 is 27.2 Å². The lowest BCUT2D eigenvalue weighted by Crippen LogP contribution is -2.26. The molecule has 0 aliphatic carbocycles. The Bertz CT molecular complexity index is 1880. The Hall–Kier alpha value is -5.17. The quantitative estimate of drug-likeness (QED) is 0.160. The van der Waals surface area contributed by atoms with Crippen LogP contribution in [0.15, 0.2) is 102 Å². The van der Waals surface area contributed by atoms with Gasteiger partial charge in [-0.1, -0.05) is 36.4 Å². The number of hydrogen-bond donors (Lipinski definition) is 3. The van der Waals surface area contributed by atoms with E-state index in [1.54, 1.807) is 30.7 Å². The van der Waals surface area contributed by atoms with E-state index in [9.17, 15) is 13.2 Å². The van der Waals surface area contributed by atoms with Crippen LogP contribution in [0.5, 0.6) is 11.5 Å². The first-order valence-electron chi connectivity index (χ1n) is 13.8. The van der Waals surface area contributed by atoms with E-state index in [0.717, 1.165) is 39.2 Å². The zero-order chi connectivity index (χ0) is 32.2. The number of hydrogen-bond acceptors (Lipinski definition) is 9. The molecule has 0 radical (unpaired) electrons. The molecular weight excluding hydrogens is 594 g/mol. The van der Waals surface area contributed by atoms with Crippen molar-refractivity contribution in [3.05, 3.63) is 114 Å².